The van der Waals surface area contributed by atoms with Gasteiger partial charge in [-0.3, -0.25) is 4.79 Å². The summed E-state index contributed by atoms with van der Waals surface area (Å²) in [6, 6.07) is 6.48. The molecule has 3 aromatic heterocycles. The summed E-state index contributed by atoms with van der Waals surface area (Å²) in [6.45, 7) is 5.03. The Morgan fingerprint density at radius 2 is 2.10 bits per heavy atom. The highest BCUT2D eigenvalue weighted by molar-refractivity contribution is 5.98. The summed E-state index contributed by atoms with van der Waals surface area (Å²) in [7, 11) is 1.79. The second-order valence-electron chi connectivity index (χ2n) is 8.42. The first-order chi connectivity index (χ1) is 14.0. The normalized spacial score (nSPS) is 14.8. The van der Waals surface area contributed by atoms with Gasteiger partial charge in [-0.1, -0.05) is 6.42 Å². The Morgan fingerprint density at radius 3 is 2.83 bits per heavy atom. The average molecular weight is 390 g/mol. The van der Waals surface area contributed by atoms with Crippen molar-refractivity contribution in [1.82, 2.24) is 19.1 Å². The maximum Gasteiger partial charge on any atom is 0.274 e. The largest absolute Gasteiger partial charge is 0.493 e. The van der Waals surface area contributed by atoms with Gasteiger partial charge in [-0.05, 0) is 44.7 Å². The molecule has 0 bridgehead atoms. The number of aromatic amines is 1. The third-order valence-electron chi connectivity index (χ3n) is 6.12. The Labute approximate surface area is 169 Å². The molecule has 0 saturated heterocycles. The SMILES string of the molecule is CC(C)n1cnc2cc(OCC3CCC3)c(-c3cn(C)c(=O)c4[nH]ccc34)cc21. The van der Waals surface area contributed by atoms with Crippen LogP contribution >= 0.6 is 0 Å². The van der Waals surface area contributed by atoms with Crippen LogP contribution in [-0.2, 0) is 7.05 Å². The molecule has 1 aliphatic rings. The number of pyridine rings is 1. The van der Waals surface area contributed by atoms with E-state index >= 15 is 0 Å². The minimum absolute atomic E-state index is 0.0287. The maximum absolute atomic E-state index is 12.5. The van der Waals surface area contributed by atoms with Crippen molar-refractivity contribution in [3.63, 3.8) is 0 Å². The molecule has 0 spiro atoms. The Morgan fingerprint density at radius 1 is 1.28 bits per heavy atom. The first-order valence-electron chi connectivity index (χ1n) is 10.3. The summed E-state index contributed by atoms with van der Waals surface area (Å²) >= 11 is 0. The monoisotopic (exact) mass is 390 g/mol. The van der Waals surface area contributed by atoms with Crippen LogP contribution in [0.15, 0.2) is 41.7 Å². The molecule has 6 heteroatoms. The molecule has 29 heavy (non-hydrogen) atoms. The molecule has 5 rings (SSSR count). The standard InChI is InChI=1S/C23H26N4O2/c1-14(2)27-13-25-19-10-21(29-12-15-5-4-6-15)17(9-20(19)27)18-11-26(3)23(28)22-16(18)7-8-24-22/h7-11,13-15,24H,4-6,12H2,1-3H3. The summed E-state index contributed by atoms with van der Waals surface area (Å²) in [5.74, 6) is 1.47. The molecule has 3 heterocycles. The summed E-state index contributed by atoms with van der Waals surface area (Å²) < 4.78 is 10.1. The molecule has 1 aromatic carbocycles. The van der Waals surface area contributed by atoms with E-state index in [-0.39, 0.29) is 5.56 Å². The topological polar surface area (TPSA) is 64.8 Å². The van der Waals surface area contributed by atoms with Crippen LogP contribution in [0.3, 0.4) is 0 Å². The molecule has 0 aliphatic heterocycles. The van der Waals surface area contributed by atoms with E-state index in [1.165, 1.54) is 19.3 Å². The van der Waals surface area contributed by atoms with Gasteiger partial charge in [0.15, 0.2) is 0 Å². The summed E-state index contributed by atoms with van der Waals surface area (Å²) in [4.78, 5) is 20.2. The van der Waals surface area contributed by atoms with E-state index in [1.54, 1.807) is 11.6 Å². The minimum atomic E-state index is -0.0287. The average Bonchev–Trinajstić information content (AvgIpc) is 3.29. The summed E-state index contributed by atoms with van der Waals surface area (Å²) in [5.41, 5.74) is 4.58. The highest BCUT2D eigenvalue weighted by Crippen LogP contribution is 2.38. The van der Waals surface area contributed by atoms with Crippen LogP contribution in [0, 0.1) is 5.92 Å². The van der Waals surface area contributed by atoms with Crippen molar-refractivity contribution in [3.8, 4) is 16.9 Å². The summed E-state index contributed by atoms with van der Waals surface area (Å²) in [5, 5.41) is 0.913. The van der Waals surface area contributed by atoms with Gasteiger partial charge in [0.05, 0.1) is 24.0 Å². The van der Waals surface area contributed by atoms with Gasteiger partial charge in [0.2, 0.25) is 0 Å². The van der Waals surface area contributed by atoms with Crippen molar-refractivity contribution in [2.45, 2.75) is 39.2 Å². The van der Waals surface area contributed by atoms with Crippen LogP contribution in [-0.4, -0.2) is 25.7 Å². The van der Waals surface area contributed by atoms with Crippen LogP contribution in [0.1, 0.15) is 39.2 Å². The van der Waals surface area contributed by atoms with Gasteiger partial charge in [-0.15, -0.1) is 0 Å². The predicted octanol–water partition coefficient (Wildman–Crippen LogP) is 4.64. The van der Waals surface area contributed by atoms with E-state index in [4.69, 9.17) is 4.74 Å². The van der Waals surface area contributed by atoms with Crippen molar-refractivity contribution in [1.29, 1.82) is 0 Å². The molecule has 0 atom stereocenters. The fourth-order valence-electron chi connectivity index (χ4n) is 4.15. The van der Waals surface area contributed by atoms with Gasteiger partial charge < -0.3 is 18.9 Å². The molecule has 6 nitrogen and oxygen atoms in total. The van der Waals surface area contributed by atoms with Gasteiger partial charge in [0.1, 0.15) is 11.3 Å². The number of ether oxygens (including phenoxy) is 1. The van der Waals surface area contributed by atoms with Gasteiger partial charge in [-0.2, -0.15) is 0 Å². The van der Waals surface area contributed by atoms with Crippen LogP contribution in [0.2, 0.25) is 0 Å². The molecular formula is C23H26N4O2. The summed E-state index contributed by atoms with van der Waals surface area (Å²) in [6.07, 6.45) is 9.39. The minimum Gasteiger partial charge on any atom is -0.493 e. The van der Waals surface area contributed by atoms with Crippen molar-refractivity contribution in [3.05, 3.63) is 47.3 Å². The van der Waals surface area contributed by atoms with Crippen LogP contribution < -0.4 is 10.3 Å². The van der Waals surface area contributed by atoms with E-state index < -0.39 is 0 Å². The van der Waals surface area contributed by atoms with Gasteiger partial charge >= 0.3 is 0 Å². The number of rotatable bonds is 5. The predicted molar refractivity (Wildman–Crippen MR) is 115 cm³/mol. The molecule has 1 fully saturated rings. The van der Waals surface area contributed by atoms with Crippen molar-refractivity contribution in [2.75, 3.05) is 6.61 Å². The number of aryl methyl sites for hydroxylation is 1. The van der Waals surface area contributed by atoms with Gasteiger partial charge in [0.25, 0.3) is 5.56 Å². The van der Waals surface area contributed by atoms with Crippen LogP contribution in [0.25, 0.3) is 33.1 Å². The Kier molecular flexibility index (Phi) is 4.23. The molecule has 0 amide bonds. The number of benzene rings is 1. The molecule has 150 valence electrons. The quantitative estimate of drug-likeness (QED) is 0.540. The highest BCUT2D eigenvalue weighted by atomic mass is 16.5. The van der Waals surface area contributed by atoms with Crippen molar-refractivity contribution < 1.29 is 4.74 Å². The number of nitrogens with one attached hydrogen (secondary N) is 1. The molecule has 1 saturated carbocycles. The van der Waals surface area contributed by atoms with Gasteiger partial charge in [0, 0.05) is 48.1 Å². The number of nitrogens with zero attached hydrogens (tertiary/aromatic N) is 3. The first kappa shape index (κ1) is 18.0. The number of H-pyrrole nitrogens is 1. The van der Waals surface area contributed by atoms with Crippen molar-refractivity contribution in [2.24, 2.45) is 13.0 Å². The van der Waals surface area contributed by atoms with E-state index in [9.17, 15) is 4.79 Å². The second kappa shape index (κ2) is 6.79. The molecule has 4 aromatic rings. The zero-order chi connectivity index (χ0) is 20.1. The van der Waals surface area contributed by atoms with Crippen LogP contribution in [0.5, 0.6) is 5.75 Å². The van der Waals surface area contributed by atoms with Crippen molar-refractivity contribution >= 4 is 21.9 Å². The fraction of sp³-hybridized carbons (Fsp3) is 0.391. The van der Waals surface area contributed by atoms with Gasteiger partial charge in [-0.25, -0.2) is 4.98 Å². The lowest BCUT2D eigenvalue weighted by atomic mass is 9.86. The molecule has 0 radical (unpaired) electrons. The third-order valence-corrected chi connectivity index (χ3v) is 6.12. The molecule has 0 unspecified atom stereocenters. The number of imidazole rings is 1. The van der Waals surface area contributed by atoms with E-state index in [0.717, 1.165) is 39.9 Å². The Hall–Kier alpha value is -3.02. The highest BCUT2D eigenvalue weighted by Gasteiger charge is 2.21. The van der Waals surface area contributed by atoms with E-state index in [0.29, 0.717) is 17.5 Å². The molecule has 1 N–H and O–H groups in total. The number of hydrogen-bond acceptors (Lipinski definition) is 3. The fourth-order valence-corrected chi connectivity index (χ4v) is 4.15. The lowest BCUT2D eigenvalue weighted by molar-refractivity contribution is 0.181. The third kappa shape index (κ3) is 2.94. The first-order valence-corrected chi connectivity index (χ1v) is 10.3. The second-order valence-corrected chi connectivity index (χ2v) is 8.42. The van der Waals surface area contributed by atoms with E-state index in [1.807, 2.05) is 30.9 Å². The smallest absolute Gasteiger partial charge is 0.274 e. The van der Waals surface area contributed by atoms with E-state index in [2.05, 4.69) is 34.4 Å². The molecule has 1 aliphatic carbocycles. The zero-order valence-electron chi connectivity index (χ0n) is 17.1. The lowest BCUT2D eigenvalue weighted by Crippen LogP contribution is -2.19. The molecular weight excluding hydrogens is 364 g/mol. The van der Waals surface area contributed by atoms with Crippen LogP contribution in [0.4, 0.5) is 0 Å². The number of hydrogen-bond donors (Lipinski definition) is 1. The Balaban J connectivity index is 1.73. The zero-order valence-corrected chi connectivity index (χ0v) is 17.1. The maximum atomic E-state index is 12.5. The lowest BCUT2D eigenvalue weighted by Gasteiger charge is -2.26. The number of fused-ring (bicyclic) bond motifs is 2. The number of aromatic nitrogens is 4. The Bertz CT molecular complexity index is 1260.